The number of nitrogens with zero attached hydrogens (tertiary/aromatic N) is 1. The molecule has 1 N–H and O–H groups in total. The Morgan fingerprint density at radius 2 is 2.24 bits per heavy atom. The van der Waals surface area contributed by atoms with Crippen molar-refractivity contribution in [2.24, 2.45) is 0 Å². The van der Waals surface area contributed by atoms with E-state index in [0.29, 0.717) is 6.61 Å². The second-order valence-electron chi connectivity index (χ2n) is 3.77. The minimum atomic E-state index is 0.706. The van der Waals surface area contributed by atoms with E-state index in [4.69, 9.17) is 4.74 Å². The Labute approximate surface area is 106 Å². The predicted octanol–water partition coefficient (Wildman–Crippen LogP) is 2.85. The summed E-state index contributed by atoms with van der Waals surface area (Å²) in [6, 6.07) is 6.10. The zero-order valence-electron chi connectivity index (χ0n) is 10.3. The molecule has 2 aromatic rings. The minimum Gasteiger partial charge on any atom is -0.494 e. The van der Waals surface area contributed by atoms with Gasteiger partial charge in [-0.2, -0.15) is 0 Å². The summed E-state index contributed by atoms with van der Waals surface area (Å²) in [6.07, 6.45) is 0.997. The molecule has 0 saturated carbocycles. The molecule has 0 spiro atoms. The molecule has 0 aliphatic carbocycles. The van der Waals surface area contributed by atoms with Crippen LogP contribution >= 0.6 is 11.3 Å². The topological polar surface area (TPSA) is 34.2 Å². The standard InChI is InChI=1S/C13H18N2OS/c1-3-14-8-7-13-15-11-6-5-10(16-4-2)9-12(11)17-13/h5-6,9,14H,3-4,7-8H2,1-2H3. The molecule has 0 aliphatic heterocycles. The predicted molar refractivity (Wildman–Crippen MR) is 73.0 cm³/mol. The molecule has 0 saturated heterocycles. The van der Waals surface area contributed by atoms with Crippen LogP contribution in [0.5, 0.6) is 5.75 Å². The molecule has 92 valence electrons. The van der Waals surface area contributed by atoms with Gasteiger partial charge < -0.3 is 10.1 Å². The van der Waals surface area contributed by atoms with Crippen LogP contribution in [0.1, 0.15) is 18.9 Å². The monoisotopic (exact) mass is 250 g/mol. The Kier molecular flexibility index (Phi) is 4.34. The van der Waals surface area contributed by atoms with Crippen molar-refractivity contribution < 1.29 is 4.74 Å². The number of hydrogen-bond acceptors (Lipinski definition) is 4. The van der Waals surface area contributed by atoms with Crippen LogP contribution in [0.25, 0.3) is 10.2 Å². The van der Waals surface area contributed by atoms with E-state index in [1.165, 1.54) is 9.71 Å². The fourth-order valence-corrected chi connectivity index (χ4v) is 2.68. The highest BCUT2D eigenvalue weighted by Gasteiger charge is 2.04. The van der Waals surface area contributed by atoms with Gasteiger partial charge in [0.25, 0.3) is 0 Å². The number of thiazole rings is 1. The van der Waals surface area contributed by atoms with Crippen LogP contribution in [0.3, 0.4) is 0 Å². The Morgan fingerprint density at radius 3 is 3.00 bits per heavy atom. The summed E-state index contributed by atoms with van der Waals surface area (Å²) >= 11 is 1.76. The molecule has 0 aliphatic rings. The van der Waals surface area contributed by atoms with Crippen LogP contribution in [-0.4, -0.2) is 24.7 Å². The maximum atomic E-state index is 5.49. The highest BCUT2D eigenvalue weighted by Crippen LogP contribution is 2.26. The summed E-state index contributed by atoms with van der Waals surface area (Å²) in [5, 5.41) is 4.50. The number of aromatic nitrogens is 1. The summed E-state index contributed by atoms with van der Waals surface area (Å²) in [5.41, 5.74) is 1.07. The zero-order valence-corrected chi connectivity index (χ0v) is 11.1. The van der Waals surface area contributed by atoms with Gasteiger partial charge in [0.05, 0.1) is 21.8 Å². The van der Waals surface area contributed by atoms with E-state index in [-0.39, 0.29) is 0 Å². The highest BCUT2D eigenvalue weighted by atomic mass is 32.1. The van der Waals surface area contributed by atoms with Gasteiger partial charge in [-0.3, -0.25) is 0 Å². The zero-order chi connectivity index (χ0) is 12.1. The maximum absolute atomic E-state index is 5.49. The van der Waals surface area contributed by atoms with Gasteiger partial charge in [-0.1, -0.05) is 6.92 Å². The number of ether oxygens (including phenoxy) is 1. The van der Waals surface area contributed by atoms with Crippen molar-refractivity contribution in [2.45, 2.75) is 20.3 Å². The molecule has 0 bridgehead atoms. The van der Waals surface area contributed by atoms with Crippen LogP contribution in [0.15, 0.2) is 18.2 Å². The van der Waals surface area contributed by atoms with Gasteiger partial charge in [-0.25, -0.2) is 4.98 Å². The van der Waals surface area contributed by atoms with E-state index in [9.17, 15) is 0 Å². The number of hydrogen-bond donors (Lipinski definition) is 1. The Bertz CT molecular complexity index is 481. The highest BCUT2D eigenvalue weighted by molar-refractivity contribution is 7.18. The van der Waals surface area contributed by atoms with Gasteiger partial charge in [0.1, 0.15) is 5.75 Å². The Morgan fingerprint density at radius 1 is 1.35 bits per heavy atom. The summed E-state index contributed by atoms with van der Waals surface area (Å²) in [5.74, 6) is 0.932. The third-order valence-corrected chi connectivity index (χ3v) is 3.56. The maximum Gasteiger partial charge on any atom is 0.120 e. The third-order valence-electron chi connectivity index (χ3n) is 2.48. The van der Waals surface area contributed by atoms with Crippen LogP contribution in [0, 0.1) is 0 Å². The van der Waals surface area contributed by atoms with Gasteiger partial charge in [0.2, 0.25) is 0 Å². The molecule has 3 nitrogen and oxygen atoms in total. The molecule has 2 rings (SSSR count). The first-order chi connectivity index (χ1) is 8.33. The molecule has 0 radical (unpaired) electrons. The van der Waals surface area contributed by atoms with E-state index in [0.717, 1.165) is 30.8 Å². The number of likely N-dealkylation sites (N-methyl/N-ethyl adjacent to an activating group) is 1. The molecule has 0 fully saturated rings. The van der Waals surface area contributed by atoms with E-state index < -0.39 is 0 Å². The lowest BCUT2D eigenvalue weighted by molar-refractivity contribution is 0.341. The first-order valence-corrected chi connectivity index (χ1v) is 6.88. The van der Waals surface area contributed by atoms with E-state index in [2.05, 4.69) is 23.3 Å². The van der Waals surface area contributed by atoms with Crippen molar-refractivity contribution in [1.29, 1.82) is 0 Å². The molecular weight excluding hydrogens is 232 g/mol. The molecule has 17 heavy (non-hydrogen) atoms. The molecular formula is C13H18N2OS. The lowest BCUT2D eigenvalue weighted by atomic mass is 10.3. The van der Waals surface area contributed by atoms with Crippen molar-refractivity contribution in [2.75, 3.05) is 19.7 Å². The fraction of sp³-hybridized carbons (Fsp3) is 0.462. The molecule has 1 aromatic heterocycles. The molecule has 1 heterocycles. The smallest absolute Gasteiger partial charge is 0.120 e. The quantitative estimate of drug-likeness (QED) is 0.800. The van der Waals surface area contributed by atoms with Gasteiger partial charge in [0.15, 0.2) is 0 Å². The third kappa shape index (κ3) is 3.17. The minimum absolute atomic E-state index is 0.706. The average molecular weight is 250 g/mol. The van der Waals surface area contributed by atoms with E-state index in [1.54, 1.807) is 11.3 Å². The molecule has 0 unspecified atom stereocenters. The van der Waals surface area contributed by atoms with Crippen LogP contribution in [-0.2, 0) is 6.42 Å². The molecule has 0 amide bonds. The fourth-order valence-electron chi connectivity index (χ4n) is 1.69. The average Bonchev–Trinajstić information content (AvgIpc) is 2.72. The molecule has 1 aromatic carbocycles. The Balaban J connectivity index is 2.12. The van der Waals surface area contributed by atoms with Crippen molar-refractivity contribution in [3.05, 3.63) is 23.2 Å². The van der Waals surface area contributed by atoms with Crippen LogP contribution in [0.2, 0.25) is 0 Å². The number of rotatable bonds is 6. The van der Waals surface area contributed by atoms with E-state index >= 15 is 0 Å². The normalized spacial score (nSPS) is 10.9. The van der Waals surface area contributed by atoms with Crippen molar-refractivity contribution >= 4 is 21.6 Å². The number of fused-ring (bicyclic) bond motifs is 1. The first-order valence-electron chi connectivity index (χ1n) is 6.06. The van der Waals surface area contributed by atoms with Crippen LogP contribution < -0.4 is 10.1 Å². The molecule has 0 atom stereocenters. The van der Waals surface area contributed by atoms with Crippen LogP contribution in [0.4, 0.5) is 0 Å². The van der Waals surface area contributed by atoms with Gasteiger partial charge in [-0.15, -0.1) is 11.3 Å². The van der Waals surface area contributed by atoms with Crippen molar-refractivity contribution in [3.8, 4) is 5.75 Å². The molecule has 4 heteroatoms. The summed E-state index contributed by atoms with van der Waals surface area (Å²) < 4.78 is 6.70. The second kappa shape index (κ2) is 5.98. The van der Waals surface area contributed by atoms with E-state index in [1.807, 2.05) is 19.1 Å². The first kappa shape index (κ1) is 12.3. The van der Waals surface area contributed by atoms with Crippen molar-refractivity contribution in [1.82, 2.24) is 10.3 Å². The largest absolute Gasteiger partial charge is 0.494 e. The lowest BCUT2D eigenvalue weighted by Gasteiger charge is -2.00. The van der Waals surface area contributed by atoms with Gasteiger partial charge >= 0.3 is 0 Å². The number of nitrogens with one attached hydrogen (secondary N) is 1. The SMILES string of the molecule is CCNCCc1nc2ccc(OCC)cc2s1. The van der Waals surface area contributed by atoms with Crippen molar-refractivity contribution in [3.63, 3.8) is 0 Å². The summed E-state index contributed by atoms with van der Waals surface area (Å²) in [6.45, 7) is 6.83. The van der Waals surface area contributed by atoms with Gasteiger partial charge in [-0.05, 0) is 31.7 Å². The summed E-state index contributed by atoms with van der Waals surface area (Å²) in [4.78, 5) is 4.61. The second-order valence-corrected chi connectivity index (χ2v) is 4.89. The summed E-state index contributed by atoms with van der Waals surface area (Å²) in [7, 11) is 0. The lowest BCUT2D eigenvalue weighted by Crippen LogP contribution is -2.15. The number of benzene rings is 1. The van der Waals surface area contributed by atoms with Gasteiger partial charge in [0, 0.05) is 13.0 Å². The Hall–Kier alpha value is -1.13.